The quantitative estimate of drug-likeness (QED) is 0.196. The first-order valence-electron chi connectivity index (χ1n) is 14.3. The number of fused-ring (bicyclic) bond motifs is 3. The molecule has 2 aromatic rings. The highest BCUT2D eigenvalue weighted by atomic mass is 16.4. The van der Waals surface area contributed by atoms with E-state index < -0.39 is 5.97 Å². The van der Waals surface area contributed by atoms with Crippen LogP contribution in [-0.2, 0) is 10.2 Å². The fraction of sp³-hybridized carbons (Fsp3) is 0.515. The highest BCUT2D eigenvalue weighted by Crippen LogP contribution is 2.55. The van der Waals surface area contributed by atoms with Crippen LogP contribution >= 0.6 is 0 Å². The third kappa shape index (κ3) is 6.27. The van der Waals surface area contributed by atoms with E-state index in [-0.39, 0.29) is 11.0 Å². The summed E-state index contributed by atoms with van der Waals surface area (Å²) in [4.78, 5) is 14.1. The number of carboxylic acid groups (broad SMARTS) is 1. The van der Waals surface area contributed by atoms with E-state index in [0.29, 0.717) is 0 Å². The summed E-state index contributed by atoms with van der Waals surface area (Å²) in [5.41, 5.74) is 7.09. The number of hydrogen-bond acceptors (Lipinski definition) is 3. The van der Waals surface area contributed by atoms with Crippen LogP contribution in [0.4, 0.5) is 5.69 Å². The molecule has 0 aromatic heterocycles. The second-order valence-electron chi connectivity index (χ2n) is 10.5. The molecule has 0 saturated carbocycles. The fourth-order valence-electron chi connectivity index (χ4n) is 5.78. The van der Waals surface area contributed by atoms with Gasteiger partial charge in [0.25, 0.3) is 0 Å². The molecular formula is C33H44N2O2. The second-order valence-corrected chi connectivity index (χ2v) is 10.5. The van der Waals surface area contributed by atoms with Gasteiger partial charge in [-0.15, -0.1) is 0 Å². The molecule has 0 radical (unpaired) electrons. The SMILES string of the molecule is CCCCN(CCCC)c1ccc2c(c1)C(CCCC)(CCCC)c1cc(C=C(C#N)C(=O)O)ccc1-2. The van der Waals surface area contributed by atoms with Crippen LogP contribution in [-0.4, -0.2) is 24.2 Å². The molecule has 0 fully saturated rings. The van der Waals surface area contributed by atoms with E-state index in [2.05, 4.69) is 62.9 Å². The van der Waals surface area contributed by atoms with Crippen molar-refractivity contribution in [3.05, 3.63) is 58.7 Å². The van der Waals surface area contributed by atoms with Gasteiger partial charge in [0, 0.05) is 24.2 Å². The van der Waals surface area contributed by atoms with Crippen molar-refractivity contribution in [3.63, 3.8) is 0 Å². The molecule has 0 bridgehead atoms. The van der Waals surface area contributed by atoms with E-state index in [0.717, 1.165) is 57.2 Å². The molecule has 4 heteroatoms. The minimum absolute atomic E-state index is 0.0895. The normalized spacial score (nSPS) is 13.6. The Morgan fingerprint density at radius 2 is 1.41 bits per heavy atom. The van der Waals surface area contributed by atoms with E-state index in [1.165, 1.54) is 59.7 Å². The zero-order chi connectivity index (χ0) is 26.8. The summed E-state index contributed by atoms with van der Waals surface area (Å²) in [7, 11) is 0. The molecule has 0 unspecified atom stereocenters. The highest BCUT2D eigenvalue weighted by molar-refractivity contribution is 5.96. The van der Waals surface area contributed by atoms with Crippen LogP contribution in [0.2, 0.25) is 0 Å². The topological polar surface area (TPSA) is 64.3 Å². The predicted molar refractivity (Wildman–Crippen MR) is 155 cm³/mol. The standard InChI is InChI=1S/C33H44N2O2/c1-5-9-17-33(18-10-6-2)30-22-25(21-26(24-34)32(36)37)13-15-28(30)29-16-14-27(23-31(29)33)35(19-11-7-3)20-12-8-4/h13-16,21-23H,5-12,17-20H2,1-4H3,(H,36,37). The number of carboxylic acids is 1. The minimum Gasteiger partial charge on any atom is -0.477 e. The Bertz CT molecular complexity index is 1130. The van der Waals surface area contributed by atoms with Gasteiger partial charge in [0.15, 0.2) is 0 Å². The molecule has 0 heterocycles. The molecule has 1 aliphatic rings. The monoisotopic (exact) mass is 500 g/mol. The lowest BCUT2D eigenvalue weighted by molar-refractivity contribution is -0.132. The number of benzene rings is 2. The van der Waals surface area contributed by atoms with E-state index in [1.54, 1.807) is 0 Å². The van der Waals surface area contributed by atoms with Gasteiger partial charge in [0.05, 0.1) is 0 Å². The molecule has 3 rings (SSSR count). The molecule has 2 aromatic carbocycles. The molecule has 198 valence electrons. The molecule has 0 atom stereocenters. The average Bonchev–Trinajstić information content (AvgIpc) is 3.17. The van der Waals surface area contributed by atoms with Gasteiger partial charge < -0.3 is 10.0 Å². The molecule has 1 aliphatic carbocycles. The summed E-state index contributed by atoms with van der Waals surface area (Å²) < 4.78 is 0. The molecule has 0 spiro atoms. The number of rotatable bonds is 15. The van der Waals surface area contributed by atoms with E-state index in [1.807, 2.05) is 12.1 Å². The van der Waals surface area contributed by atoms with Crippen LogP contribution in [0.25, 0.3) is 17.2 Å². The predicted octanol–water partition coefficient (Wildman–Crippen LogP) is 8.73. The third-order valence-electron chi connectivity index (χ3n) is 7.87. The summed E-state index contributed by atoms with van der Waals surface area (Å²) in [6, 6.07) is 15.2. The van der Waals surface area contributed by atoms with Crippen LogP contribution in [0, 0.1) is 11.3 Å². The van der Waals surface area contributed by atoms with Crippen LogP contribution in [0.1, 0.15) is 109 Å². The molecule has 0 aliphatic heterocycles. The maximum atomic E-state index is 11.5. The highest BCUT2D eigenvalue weighted by Gasteiger charge is 2.42. The Labute approximate surface area is 224 Å². The van der Waals surface area contributed by atoms with Gasteiger partial charge in [-0.05, 0) is 71.7 Å². The minimum atomic E-state index is -1.18. The largest absolute Gasteiger partial charge is 0.477 e. The Hall–Kier alpha value is -3.06. The van der Waals surface area contributed by atoms with Crippen LogP contribution in [0.3, 0.4) is 0 Å². The first-order valence-corrected chi connectivity index (χ1v) is 14.3. The lowest BCUT2D eigenvalue weighted by Crippen LogP contribution is -2.28. The Morgan fingerprint density at radius 1 is 0.865 bits per heavy atom. The van der Waals surface area contributed by atoms with Crippen molar-refractivity contribution in [1.82, 2.24) is 0 Å². The van der Waals surface area contributed by atoms with Crippen molar-refractivity contribution in [2.45, 2.75) is 97.3 Å². The van der Waals surface area contributed by atoms with E-state index in [4.69, 9.17) is 0 Å². The van der Waals surface area contributed by atoms with Gasteiger partial charge in [0.2, 0.25) is 0 Å². The average molecular weight is 501 g/mol. The van der Waals surface area contributed by atoms with Crippen LogP contribution in [0.15, 0.2) is 42.0 Å². The number of nitriles is 1. The number of carbonyl (C=O) groups is 1. The lowest BCUT2D eigenvalue weighted by Gasteiger charge is -2.34. The molecule has 0 saturated heterocycles. The van der Waals surface area contributed by atoms with Crippen LogP contribution in [0.5, 0.6) is 0 Å². The Balaban J connectivity index is 2.19. The van der Waals surface area contributed by atoms with Gasteiger partial charge in [-0.1, -0.05) is 90.5 Å². The zero-order valence-electron chi connectivity index (χ0n) is 23.3. The molecule has 4 nitrogen and oxygen atoms in total. The third-order valence-corrected chi connectivity index (χ3v) is 7.87. The van der Waals surface area contributed by atoms with Gasteiger partial charge in [0.1, 0.15) is 11.6 Å². The van der Waals surface area contributed by atoms with Crippen molar-refractivity contribution in [1.29, 1.82) is 5.26 Å². The number of aliphatic carboxylic acids is 1. The van der Waals surface area contributed by atoms with Gasteiger partial charge in [-0.25, -0.2) is 4.79 Å². The number of unbranched alkanes of at least 4 members (excludes halogenated alkanes) is 4. The first-order chi connectivity index (χ1) is 17.9. The van der Waals surface area contributed by atoms with Gasteiger partial charge in [-0.3, -0.25) is 0 Å². The molecule has 0 amide bonds. The van der Waals surface area contributed by atoms with Crippen molar-refractivity contribution in [2.24, 2.45) is 0 Å². The molecule has 37 heavy (non-hydrogen) atoms. The summed E-state index contributed by atoms with van der Waals surface area (Å²) in [6.45, 7) is 11.2. The summed E-state index contributed by atoms with van der Waals surface area (Å²) in [5, 5.41) is 18.7. The Kier molecular flexibility index (Phi) is 10.4. The maximum Gasteiger partial charge on any atom is 0.346 e. The maximum absolute atomic E-state index is 11.5. The van der Waals surface area contributed by atoms with Crippen LogP contribution < -0.4 is 4.90 Å². The Morgan fingerprint density at radius 3 is 1.92 bits per heavy atom. The number of hydrogen-bond donors (Lipinski definition) is 1. The molecule has 1 N–H and O–H groups in total. The smallest absolute Gasteiger partial charge is 0.346 e. The summed E-state index contributed by atoms with van der Waals surface area (Å²) >= 11 is 0. The fourth-order valence-corrected chi connectivity index (χ4v) is 5.78. The van der Waals surface area contributed by atoms with Crippen molar-refractivity contribution >= 4 is 17.7 Å². The number of nitrogens with zero attached hydrogens (tertiary/aromatic N) is 2. The first kappa shape index (κ1) is 28.5. The van der Waals surface area contributed by atoms with E-state index >= 15 is 0 Å². The summed E-state index contributed by atoms with van der Waals surface area (Å²) in [5.74, 6) is -1.18. The molecular weight excluding hydrogens is 456 g/mol. The van der Waals surface area contributed by atoms with Crippen molar-refractivity contribution in [2.75, 3.05) is 18.0 Å². The zero-order valence-corrected chi connectivity index (χ0v) is 23.3. The van der Waals surface area contributed by atoms with Crippen molar-refractivity contribution in [3.8, 4) is 17.2 Å². The van der Waals surface area contributed by atoms with Crippen molar-refractivity contribution < 1.29 is 9.90 Å². The lowest BCUT2D eigenvalue weighted by atomic mass is 9.70. The summed E-state index contributed by atoms with van der Waals surface area (Å²) in [6.07, 6.45) is 13.0. The van der Waals surface area contributed by atoms with Gasteiger partial charge in [-0.2, -0.15) is 5.26 Å². The number of anilines is 1. The second kappa shape index (κ2) is 13.5. The van der Waals surface area contributed by atoms with E-state index in [9.17, 15) is 15.2 Å². The van der Waals surface area contributed by atoms with Gasteiger partial charge >= 0.3 is 5.97 Å².